The van der Waals surface area contributed by atoms with E-state index in [1.807, 2.05) is 11.9 Å². The second kappa shape index (κ2) is 4.30. The summed E-state index contributed by atoms with van der Waals surface area (Å²) >= 11 is 0. The molecule has 0 bridgehead atoms. The van der Waals surface area contributed by atoms with Crippen LogP contribution >= 0.6 is 0 Å². The smallest absolute Gasteiger partial charge is 0.225 e. The normalized spacial score (nSPS) is 27.4. The molecular formula is C11H19NO2. The first kappa shape index (κ1) is 9.97. The summed E-state index contributed by atoms with van der Waals surface area (Å²) in [5.74, 6) is 1.26. The number of hydrogen-bond acceptors (Lipinski definition) is 2. The molecule has 2 fully saturated rings. The molecule has 80 valence electrons. The highest BCUT2D eigenvalue weighted by Gasteiger charge is 2.32. The van der Waals surface area contributed by atoms with Gasteiger partial charge in [-0.1, -0.05) is 0 Å². The summed E-state index contributed by atoms with van der Waals surface area (Å²) in [5, 5.41) is 0. The minimum Gasteiger partial charge on any atom is -0.381 e. The summed E-state index contributed by atoms with van der Waals surface area (Å²) < 4.78 is 5.40. The van der Waals surface area contributed by atoms with Crippen LogP contribution in [0.25, 0.3) is 0 Å². The first-order valence-corrected chi connectivity index (χ1v) is 5.60. The molecule has 1 aliphatic heterocycles. The van der Waals surface area contributed by atoms with Gasteiger partial charge in [0.1, 0.15) is 0 Å². The second-order valence-electron chi connectivity index (χ2n) is 4.58. The first-order chi connectivity index (χ1) is 6.77. The summed E-state index contributed by atoms with van der Waals surface area (Å²) in [6, 6.07) is 0. The highest BCUT2D eigenvalue weighted by molar-refractivity contribution is 5.80. The zero-order valence-corrected chi connectivity index (χ0v) is 8.87. The summed E-state index contributed by atoms with van der Waals surface area (Å²) in [4.78, 5) is 13.6. The molecule has 3 heteroatoms. The van der Waals surface area contributed by atoms with Crippen LogP contribution in [0.3, 0.4) is 0 Å². The molecule has 2 rings (SSSR count). The molecule has 2 aliphatic rings. The number of carbonyl (C=O) groups is 1. The molecule has 1 aliphatic carbocycles. The van der Waals surface area contributed by atoms with Crippen molar-refractivity contribution in [2.75, 3.05) is 26.8 Å². The van der Waals surface area contributed by atoms with Gasteiger partial charge in [-0.2, -0.15) is 0 Å². The fraction of sp³-hybridized carbons (Fsp3) is 0.909. The van der Waals surface area contributed by atoms with Crippen LogP contribution in [-0.4, -0.2) is 37.6 Å². The fourth-order valence-electron chi connectivity index (χ4n) is 2.07. The number of carbonyl (C=O) groups excluding carboxylic acids is 1. The molecule has 1 saturated carbocycles. The van der Waals surface area contributed by atoms with Crippen LogP contribution in [0.4, 0.5) is 0 Å². The number of rotatable bonds is 3. The van der Waals surface area contributed by atoms with Crippen molar-refractivity contribution in [3.8, 4) is 0 Å². The Morgan fingerprint density at radius 1 is 1.43 bits per heavy atom. The van der Waals surface area contributed by atoms with Crippen molar-refractivity contribution >= 4 is 5.91 Å². The molecule has 0 aromatic heterocycles. The van der Waals surface area contributed by atoms with E-state index in [0.29, 0.717) is 17.7 Å². The maximum Gasteiger partial charge on any atom is 0.225 e. The van der Waals surface area contributed by atoms with Gasteiger partial charge in [-0.3, -0.25) is 4.79 Å². The average Bonchev–Trinajstić information content (AvgIpc) is 3.01. The predicted octanol–water partition coefficient (Wildman–Crippen LogP) is 1.28. The summed E-state index contributed by atoms with van der Waals surface area (Å²) in [5.41, 5.74) is 0. The Morgan fingerprint density at radius 2 is 2.21 bits per heavy atom. The standard InChI is InChI=1S/C11H19NO2/c1-12(11(13)10-4-5-10)7-9-3-2-6-14-8-9/h9-10H,2-8H2,1H3. The minimum atomic E-state index is 0.343. The van der Waals surface area contributed by atoms with Crippen molar-refractivity contribution in [1.29, 1.82) is 0 Å². The van der Waals surface area contributed by atoms with E-state index in [2.05, 4.69) is 0 Å². The van der Waals surface area contributed by atoms with Crippen molar-refractivity contribution in [2.24, 2.45) is 11.8 Å². The highest BCUT2D eigenvalue weighted by Crippen LogP contribution is 2.31. The van der Waals surface area contributed by atoms with Crippen molar-refractivity contribution < 1.29 is 9.53 Å². The molecule has 1 unspecified atom stereocenters. The lowest BCUT2D eigenvalue weighted by atomic mass is 10.0. The zero-order valence-electron chi connectivity index (χ0n) is 8.87. The van der Waals surface area contributed by atoms with E-state index in [-0.39, 0.29) is 0 Å². The van der Waals surface area contributed by atoms with Gasteiger partial charge < -0.3 is 9.64 Å². The van der Waals surface area contributed by atoms with Gasteiger partial charge in [-0.05, 0) is 31.6 Å². The van der Waals surface area contributed by atoms with Crippen molar-refractivity contribution in [2.45, 2.75) is 25.7 Å². The van der Waals surface area contributed by atoms with Gasteiger partial charge in [0.2, 0.25) is 5.91 Å². The third-order valence-corrected chi connectivity index (χ3v) is 3.09. The molecule has 0 spiro atoms. The van der Waals surface area contributed by atoms with Crippen molar-refractivity contribution in [1.82, 2.24) is 4.90 Å². The lowest BCUT2D eigenvalue weighted by Gasteiger charge is -2.27. The Hall–Kier alpha value is -0.570. The summed E-state index contributed by atoms with van der Waals surface area (Å²) in [7, 11) is 1.93. The van der Waals surface area contributed by atoms with Crippen LogP contribution in [0.5, 0.6) is 0 Å². The molecule has 0 aromatic rings. The van der Waals surface area contributed by atoms with E-state index in [0.717, 1.165) is 39.0 Å². The van der Waals surface area contributed by atoms with E-state index in [9.17, 15) is 4.79 Å². The van der Waals surface area contributed by atoms with Crippen LogP contribution < -0.4 is 0 Å². The molecule has 1 amide bonds. The second-order valence-corrected chi connectivity index (χ2v) is 4.58. The van der Waals surface area contributed by atoms with Gasteiger partial charge in [-0.25, -0.2) is 0 Å². The maximum absolute atomic E-state index is 11.7. The van der Waals surface area contributed by atoms with Crippen molar-refractivity contribution in [3.05, 3.63) is 0 Å². The molecule has 1 atom stereocenters. The first-order valence-electron chi connectivity index (χ1n) is 5.60. The Balaban J connectivity index is 1.74. The van der Waals surface area contributed by atoms with E-state index < -0.39 is 0 Å². The molecule has 0 radical (unpaired) electrons. The van der Waals surface area contributed by atoms with Crippen LogP contribution in [0, 0.1) is 11.8 Å². The molecular weight excluding hydrogens is 178 g/mol. The predicted molar refractivity (Wildman–Crippen MR) is 53.9 cm³/mol. The molecule has 14 heavy (non-hydrogen) atoms. The fourth-order valence-corrected chi connectivity index (χ4v) is 2.07. The third kappa shape index (κ3) is 2.47. The quantitative estimate of drug-likeness (QED) is 0.682. The number of amides is 1. The average molecular weight is 197 g/mol. The van der Waals surface area contributed by atoms with E-state index in [1.165, 1.54) is 6.42 Å². The molecule has 3 nitrogen and oxygen atoms in total. The SMILES string of the molecule is CN(CC1CCCOC1)C(=O)C1CC1. The van der Waals surface area contributed by atoms with Gasteiger partial charge in [0.15, 0.2) is 0 Å². The Labute approximate surface area is 85.4 Å². The van der Waals surface area contributed by atoms with Gasteiger partial charge in [0.25, 0.3) is 0 Å². The third-order valence-electron chi connectivity index (χ3n) is 3.09. The molecule has 0 N–H and O–H groups in total. The van der Waals surface area contributed by atoms with Crippen LogP contribution in [-0.2, 0) is 9.53 Å². The minimum absolute atomic E-state index is 0.343. The number of nitrogens with zero attached hydrogens (tertiary/aromatic N) is 1. The maximum atomic E-state index is 11.7. The Bertz CT molecular complexity index is 207. The lowest BCUT2D eigenvalue weighted by molar-refractivity contribution is -0.132. The Morgan fingerprint density at radius 3 is 2.79 bits per heavy atom. The lowest BCUT2D eigenvalue weighted by Crippen LogP contribution is -2.35. The van der Waals surface area contributed by atoms with Gasteiger partial charge in [-0.15, -0.1) is 0 Å². The summed E-state index contributed by atoms with van der Waals surface area (Å²) in [6.45, 7) is 2.62. The molecule has 1 saturated heterocycles. The molecule has 1 heterocycles. The van der Waals surface area contributed by atoms with E-state index in [1.54, 1.807) is 0 Å². The monoisotopic (exact) mass is 197 g/mol. The molecule has 0 aromatic carbocycles. The van der Waals surface area contributed by atoms with Crippen LogP contribution in [0.2, 0.25) is 0 Å². The number of hydrogen-bond donors (Lipinski definition) is 0. The van der Waals surface area contributed by atoms with Gasteiger partial charge in [0, 0.05) is 26.1 Å². The number of ether oxygens (including phenoxy) is 1. The van der Waals surface area contributed by atoms with Gasteiger partial charge >= 0.3 is 0 Å². The van der Waals surface area contributed by atoms with Crippen molar-refractivity contribution in [3.63, 3.8) is 0 Å². The largest absolute Gasteiger partial charge is 0.381 e. The summed E-state index contributed by atoms with van der Waals surface area (Å²) in [6.07, 6.45) is 4.56. The topological polar surface area (TPSA) is 29.5 Å². The zero-order chi connectivity index (χ0) is 9.97. The van der Waals surface area contributed by atoms with E-state index >= 15 is 0 Å². The van der Waals surface area contributed by atoms with Crippen LogP contribution in [0.15, 0.2) is 0 Å². The van der Waals surface area contributed by atoms with Crippen LogP contribution in [0.1, 0.15) is 25.7 Å². The van der Waals surface area contributed by atoms with E-state index in [4.69, 9.17) is 4.74 Å². The Kier molecular flexibility index (Phi) is 3.06. The van der Waals surface area contributed by atoms with Gasteiger partial charge in [0.05, 0.1) is 6.61 Å². The highest BCUT2D eigenvalue weighted by atomic mass is 16.5.